The van der Waals surface area contributed by atoms with Gasteiger partial charge in [-0.1, -0.05) is 0 Å². The fourth-order valence-electron chi connectivity index (χ4n) is 2.96. The van der Waals surface area contributed by atoms with E-state index in [1.807, 2.05) is 11.8 Å². The highest BCUT2D eigenvalue weighted by Gasteiger charge is 2.44. The van der Waals surface area contributed by atoms with Crippen molar-refractivity contribution in [2.75, 3.05) is 45.4 Å². The van der Waals surface area contributed by atoms with Gasteiger partial charge in [0.1, 0.15) is 0 Å². The Morgan fingerprint density at radius 2 is 1.94 bits per heavy atom. The van der Waals surface area contributed by atoms with E-state index in [0.29, 0.717) is 0 Å². The second kappa shape index (κ2) is 5.89. The Balaban J connectivity index is 2.05. The topological polar surface area (TPSA) is 47.7 Å². The van der Waals surface area contributed by atoms with E-state index in [9.17, 15) is 0 Å². The quantitative estimate of drug-likeness (QED) is 0.800. The van der Waals surface area contributed by atoms with Crippen LogP contribution in [0, 0.1) is 0 Å². The molecule has 4 nitrogen and oxygen atoms in total. The van der Waals surface area contributed by atoms with Crippen LogP contribution in [-0.2, 0) is 9.47 Å². The molecule has 17 heavy (non-hydrogen) atoms. The molecule has 3 atom stereocenters. The molecule has 0 aromatic rings. The highest BCUT2D eigenvalue weighted by Crippen LogP contribution is 2.34. The first-order valence-electron chi connectivity index (χ1n) is 6.34. The van der Waals surface area contributed by atoms with E-state index in [4.69, 9.17) is 15.2 Å². The molecule has 0 aromatic carbocycles. The van der Waals surface area contributed by atoms with E-state index in [-0.39, 0.29) is 17.7 Å². The predicted molar refractivity (Wildman–Crippen MR) is 71.5 cm³/mol. The van der Waals surface area contributed by atoms with Crippen LogP contribution >= 0.6 is 11.8 Å². The lowest BCUT2D eigenvalue weighted by Crippen LogP contribution is -2.56. The minimum atomic E-state index is 0.174. The molecule has 2 N–H and O–H groups in total. The molecule has 5 heteroatoms. The molecule has 0 amide bonds. The van der Waals surface area contributed by atoms with Gasteiger partial charge in [-0.05, 0) is 18.6 Å². The van der Waals surface area contributed by atoms with Crippen LogP contribution in [0.4, 0.5) is 0 Å². The number of likely N-dealkylation sites (tertiary alicyclic amines) is 1. The van der Waals surface area contributed by atoms with Crippen molar-refractivity contribution in [3.05, 3.63) is 0 Å². The smallest absolute Gasteiger partial charge is 0.0972 e. The first-order chi connectivity index (χ1) is 8.25. The molecule has 0 bridgehead atoms. The van der Waals surface area contributed by atoms with Crippen LogP contribution in [-0.4, -0.2) is 68.0 Å². The predicted octanol–water partition coefficient (Wildman–Crippen LogP) is 0.557. The van der Waals surface area contributed by atoms with Gasteiger partial charge >= 0.3 is 0 Å². The zero-order valence-electron chi connectivity index (χ0n) is 10.9. The van der Waals surface area contributed by atoms with Gasteiger partial charge in [0, 0.05) is 45.1 Å². The van der Waals surface area contributed by atoms with Gasteiger partial charge < -0.3 is 15.2 Å². The second-order valence-electron chi connectivity index (χ2n) is 5.04. The zero-order valence-corrected chi connectivity index (χ0v) is 11.7. The van der Waals surface area contributed by atoms with Crippen molar-refractivity contribution in [3.8, 4) is 0 Å². The number of ether oxygens (including phenoxy) is 2. The molecule has 2 fully saturated rings. The summed E-state index contributed by atoms with van der Waals surface area (Å²) in [6.45, 7) is 2.65. The monoisotopic (exact) mass is 260 g/mol. The van der Waals surface area contributed by atoms with Crippen molar-refractivity contribution < 1.29 is 9.47 Å². The van der Waals surface area contributed by atoms with Crippen molar-refractivity contribution in [2.45, 2.75) is 30.6 Å². The maximum absolute atomic E-state index is 6.06. The molecule has 100 valence electrons. The largest absolute Gasteiger partial charge is 0.377 e. The molecule has 2 saturated heterocycles. The van der Waals surface area contributed by atoms with Crippen LogP contribution in [0.2, 0.25) is 0 Å². The zero-order chi connectivity index (χ0) is 12.3. The first kappa shape index (κ1) is 13.6. The normalized spacial score (nSPS) is 39.7. The molecule has 2 rings (SSSR count). The van der Waals surface area contributed by atoms with Crippen LogP contribution in [0.1, 0.15) is 12.8 Å². The molecule has 3 unspecified atom stereocenters. The molecule has 0 spiro atoms. The van der Waals surface area contributed by atoms with E-state index >= 15 is 0 Å². The number of rotatable bonds is 4. The summed E-state index contributed by atoms with van der Waals surface area (Å²) < 4.78 is 11.0. The van der Waals surface area contributed by atoms with Crippen LogP contribution in [0.3, 0.4) is 0 Å². The summed E-state index contributed by atoms with van der Waals surface area (Å²) in [5.41, 5.74) is 6.23. The van der Waals surface area contributed by atoms with Crippen molar-refractivity contribution in [1.29, 1.82) is 0 Å². The SMILES string of the molecule is COC1CN(C2(CN)CCCSC2)CC1OC. The van der Waals surface area contributed by atoms with Crippen molar-refractivity contribution >= 4 is 11.8 Å². The van der Waals surface area contributed by atoms with Gasteiger partial charge in [-0.2, -0.15) is 11.8 Å². The Bertz CT molecular complexity index is 235. The third-order valence-electron chi connectivity index (χ3n) is 4.17. The lowest BCUT2D eigenvalue weighted by Gasteiger charge is -2.43. The maximum atomic E-state index is 6.06. The molecule has 2 aliphatic rings. The number of hydrogen-bond donors (Lipinski definition) is 1. The molecule has 0 aliphatic carbocycles. The van der Waals surface area contributed by atoms with Gasteiger partial charge in [-0.15, -0.1) is 0 Å². The lowest BCUT2D eigenvalue weighted by molar-refractivity contribution is -0.00461. The second-order valence-corrected chi connectivity index (χ2v) is 6.14. The summed E-state index contributed by atoms with van der Waals surface area (Å²) in [6, 6.07) is 0. The van der Waals surface area contributed by atoms with Gasteiger partial charge in [-0.3, -0.25) is 4.90 Å². The number of methoxy groups -OCH3 is 2. The maximum Gasteiger partial charge on any atom is 0.0972 e. The highest BCUT2D eigenvalue weighted by atomic mass is 32.2. The highest BCUT2D eigenvalue weighted by molar-refractivity contribution is 7.99. The molecule has 2 aliphatic heterocycles. The molecule has 0 radical (unpaired) electrons. The summed E-state index contributed by atoms with van der Waals surface area (Å²) >= 11 is 2.03. The van der Waals surface area contributed by atoms with Gasteiger partial charge in [0.2, 0.25) is 0 Å². The number of thioether (sulfide) groups is 1. The number of hydrogen-bond acceptors (Lipinski definition) is 5. The number of nitrogens with zero attached hydrogens (tertiary/aromatic N) is 1. The summed E-state index contributed by atoms with van der Waals surface area (Å²) in [7, 11) is 3.54. The standard InChI is InChI=1S/C12H24N2O2S/c1-15-10-6-14(7-11(10)16-2)12(8-13)4-3-5-17-9-12/h10-11H,3-9,13H2,1-2H3. The summed E-state index contributed by atoms with van der Waals surface area (Å²) in [4.78, 5) is 2.50. The third-order valence-corrected chi connectivity index (χ3v) is 5.49. The Kier molecular flexibility index (Phi) is 4.72. The summed E-state index contributed by atoms with van der Waals surface area (Å²) in [6.07, 6.45) is 2.86. The molecular formula is C12H24N2O2S. The lowest BCUT2D eigenvalue weighted by atomic mass is 9.93. The van der Waals surface area contributed by atoms with Crippen LogP contribution in [0.5, 0.6) is 0 Å². The summed E-state index contributed by atoms with van der Waals surface area (Å²) in [5.74, 6) is 2.42. The Morgan fingerprint density at radius 3 is 2.35 bits per heavy atom. The van der Waals surface area contributed by atoms with E-state index in [2.05, 4.69) is 4.90 Å². The van der Waals surface area contributed by atoms with Crippen molar-refractivity contribution in [2.24, 2.45) is 5.73 Å². The van der Waals surface area contributed by atoms with E-state index in [1.165, 1.54) is 18.6 Å². The fraction of sp³-hybridized carbons (Fsp3) is 1.00. The molecule has 0 saturated carbocycles. The van der Waals surface area contributed by atoms with Crippen LogP contribution in [0.15, 0.2) is 0 Å². The first-order valence-corrected chi connectivity index (χ1v) is 7.49. The minimum Gasteiger partial charge on any atom is -0.377 e. The van der Waals surface area contributed by atoms with E-state index in [1.54, 1.807) is 14.2 Å². The Morgan fingerprint density at radius 1 is 1.29 bits per heavy atom. The van der Waals surface area contributed by atoms with Crippen LogP contribution in [0.25, 0.3) is 0 Å². The van der Waals surface area contributed by atoms with Gasteiger partial charge in [0.25, 0.3) is 0 Å². The fourth-order valence-corrected chi connectivity index (χ4v) is 4.28. The molecular weight excluding hydrogens is 236 g/mol. The van der Waals surface area contributed by atoms with Gasteiger partial charge in [-0.25, -0.2) is 0 Å². The average molecular weight is 260 g/mol. The third kappa shape index (κ3) is 2.63. The molecule has 0 aromatic heterocycles. The Hall–Kier alpha value is 0.190. The molecule has 2 heterocycles. The van der Waals surface area contributed by atoms with E-state index in [0.717, 1.165) is 25.4 Å². The Labute approximate surface area is 108 Å². The van der Waals surface area contributed by atoms with Gasteiger partial charge in [0.05, 0.1) is 12.2 Å². The van der Waals surface area contributed by atoms with Gasteiger partial charge in [0.15, 0.2) is 0 Å². The van der Waals surface area contributed by atoms with E-state index < -0.39 is 0 Å². The summed E-state index contributed by atoms with van der Waals surface area (Å²) in [5, 5.41) is 0. The van der Waals surface area contributed by atoms with Crippen molar-refractivity contribution in [1.82, 2.24) is 4.90 Å². The van der Waals surface area contributed by atoms with Crippen LogP contribution < -0.4 is 5.73 Å². The number of nitrogens with two attached hydrogens (primary N) is 1. The van der Waals surface area contributed by atoms with Crippen molar-refractivity contribution in [3.63, 3.8) is 0 Å². The minimum absolute atomic E-state index is 0.174. The average Bonchev–Trinajstić information content (AvgIpc) is 2.83.